The summed E-state index contributed by atoms with van der Waals surface area (Å²) in [6.07, 6.45) is 1.74. The molecule has 0 bridgehead atoms. The molecule has 166 valence electrons. The number of benzene rings is 2. The van der Waals surface area contributed by atoms with Gasteiger partial charge in [-0.2, -0.15) is 0 Å². The zero-order valence-electron chi connectivity index (χ0n) is 18.0. The van der Waals surface area contributed by atoms with E-state index in [0.29, 0.717) is 30.2 Å². The van der Waals surface area contributed by atoms with Crippen LogP contribution in [0.25, 0.3) is 0 Å². The van der Waals surface area contributed by atoms with Gasteiger partial charge in [-0.15, -0.1) is 11.3 Å². The van der Waals surface area contributed by atoms with E-state index in [1.165, 1.54) is 0 Å². The number of hydrogen-bond acceptors (Lipinski definition) is 6. The standard InChI is InChI=1S/C25H26N2O4S/c1-29-23-14-17(10-11-22(23)31-16-19-7-5-13-32-19)24-26-21-9-3-2-8-20(21)25(28)27(24)15-18-6-4-12-30-18/h2-3,5,7-11,13-14,18,24,26H,4,6,12,15-16H2,1H3/t18-,24+/m0/s1. The van der Waals surface area contributed by atoms with Crippen molar-refractivity contribution < 1.29 is 19.0 Å². The Morgan fingerprint density at radius 2 is 2.06 bits per heavy atom. The molecule has 0 spiro atoms. The van der Waals surface area contributed by atoms with Crippen LogP contribution in [0.1, 0.15) is 39.8 Å². The van der Waals surface area contributed by atoms with Crippen LogP contribution in [-0.2, 0) is 11.3 Å². The number of carbonyl (C=O) groups excluding carboxylic acids is 1. The Labute approximate surface area is 191 Å². The number of anilines is 1. The van der Waals surface area contributed by atoms with E-state index in [-0.39, 0.29) is 18.2 Å². The van der Waals surface area contributed by atoms with Gasteiger partial charge in [0.15, 0.2) is 11.5 Å². The predicted octanol–water partition coefficient (Wildman–Crippen LogP) is 5.08. The van der Waals surface area contributed by atoms with Crippen molar-refractivity contribution in [3.05, 3.63) is 76.0 Å². The average Bonchev–Trinajstić information content (AvgIpc) is 3.54. The highest BCUT2D eigenvalue weighted by atomic mass is 32.1. The third-order valence-corrected chi connectivity index (χ3v) is 6.75. The lowest BCUT2D eigenvalue weighted by atomic mass is 10.0. The van der Waals surface area contributed by atoms with E-state index in [0.717, 1.165) is 35.6 Å². The van der Waals surface area contributed by atoms with Crippen molar-refractivity contribution >= 4 is 22.9 Å². The van der Waals surface area contributed by atoms with Crippen LogP contribution in [0.2, 0.25) is 0 Å². The van der Waals surface area contributed by atoms with Gasteiger partial charge >= 0.3 is 0 Å². The van der Waals surface area contributed by atoms with E-state index in [1.807, 2.05) is 64.9 Å². The number of amides is 1. The van der Waals surface area contributed by atoms with E-state index in [1.54, 1.807) is 18.4 Å². The van der Waals surface area contributed by atoms with Crippen molar-refractivity contribution in [2.45, 2.75) is 31.7 Å². The normalized spacial score (nSPS) is 20.0. The SMILES string of the molecule is COc1cc([C@@H]2Nc3ccccc3C(=O)N2C[C@@H]2CCCO2)ccc1OCc1cccs1. The second kappa shape index (κ2) is 9.22. The molecule has 0 aliphatic carbocycles. The minimum Gasteiger partial charge on any atom is -0.493 e. The topological polar surface area (TPSA) is 60.0 Å². The molecule has 1 fully saturated rings. The second-order valence-corrected chi connectivity index (χ2v) is 9.00. The lowest BCUT2D eigenvalue weighted by Crippen LogP contribution is -2.46. The molecule has 1 saturated heterocycles. The van der Waals surface area contributed by atoms with Gasteiger partial charge in [-0.1, -0.05) is 24.3 Å². The van der Waals surface area contributed by atoms with Gasteiger partial charge in [0.05, 0.1) is 18.8 Å². The Kier molecular flexibility index (Phi) is 6.01. The van der Waals surface area contributed by atoms with Crippen molar-refractivity contribution in [2.24, 2.45) is 0 Å². The molecule has 2 aliphatic heterocycles. The molecule has 0 unspecified atom stereocenters. The molecule has 2 aromatic carbocycles. The van der Waals surface area contributed by atoms with Gasteiger partial charge in [0.25, 0.3) is 5.91 Å². The van der Waals surface area contributed by atoms with Crippen LogP contribution in [0.15, 0.2) is 60.0 Å². The van der Waals surface area contributed by atoms with Crippen LogP contribution in [0.3, 0.4) is 0 Å². The molecule has 0 radical (unpaired) electrons. The second-order valence-electron chi connectivity index (χ2n) is 7.96. The van der Waals surface area contributed by atoms with E-state index >= 15 is 0 Å². The van der Waals surface area contributed by atoms with Crippen molar-refractivity contribution in [3.8, 4) is 11.5 Å². The zero-order valence-corrected chi connectivity index (χ0v) is 18.8. The van der Waals surface area contributed by atoms with Crippen molar-refractivity contribution in [1.82, 2.24) is 4.90 Å². The fourth-order valence-corrected chi connectivity index (χ4v) is 4.89. The van der Waals surface area contributed by atoms with Gasteiger partial charge in [0.1, 0.15) is 12.8 Å². The van der Waals surface area contributed by atoms with Crippen LogP contribution in [-0.4, -0.2) is 37.2 Å². The summed E-state index contributed by atoms with van der Waals surface area (Å²) in [5.74, 6) is 1.33. The number of hydrogen-bond donors (Lipinski definition) is 1. The largest absolute Gasteiger partial charge is 0.493 e. The summed E-state index contributed by atoms with van der Waals surface area (Å²) >= 11 is 1.66. The van der Waals surface area contributed by atoms with Crippen LogP contribution >= 0.6 is 11.3 Å². The Morgan fingerprint density at radius 3 is 2.84 bits per heavy atom. The van der Waals surface area contributed by atoms with Gasteiger partial charge in [-0.3, -0.25) is 4.79 Å². The number of fused-ring (bicyclic) bond motifs is 1. The third kappa shape index (κ3) is 4.18. The first kappa shape index (κ1) is 20.8. The van der Waals surface area contributed by atoms with Gasteiger partial charge in [-0.05, 0) is 54.1 Å². The number of carbonyl (C=O) groups is 1. The molecule has 1 amide bonds. The molecular formula is C25H26N2O4S. The number of nitrogens with zero attached hydrogens (tertiary/aromatic N) is 1. The summed E-state index contributed by atoms with van der Waals surface area (Å²) in [6.45, 7) is 1.79. The first-order valence-corrected chi connectivity index (χ1v) is 11.7. The number of rotatable bonds is 7. The fraction of sp³-hybridized carbons (Fsp3) is 0.320. The minimum atomic E-state index is -0.318. The average molecular weight is 451 g/mol. The molecule has 0 saturated carbocycles. The molecule has 1 N–H and O–H groups in total. The quantitative estimate of drug-likeness (QED) is 0.544. The maximum absolute atomic E-state index is 13.4. The molecule has 7 heteroatoms. The molecule has 2 aliphatic rings. The fourth-order valence-electron chi connectivity index (χ4n) is 4.27. The first-order chi connectivity index (χ1) is 15.7. The Balaban J connectivity index is 1.44. The number of thiophene rings is 1. The highest BCUT2D eigenvalue weighted by molar-refractivity contribution is 7.09. The lowest BCUT2D eigenvalue weighted by Gasteiger charge is -2.39. The maximum Gasteiger partial charge on any atom is 0.257 e. The molecule has 3 heterocycles. The summed E-state index contributed by atoms with van der Waals surface area (Å²) < 4.78 is 17.5. The molecule has 6 nitrogen and oxygen atoms in total. The minimum absolute atomic E-state index is 0.0110. The highest BCUT2D eigenvalue weighted by Gasteiger charge is 2.35. The van der Waals surface area contributed by atoms with Crippen molar-refractivity contribution in [2.75, 3.05) is 25.6 Å². The third-order valence-electron chi connectivity index (χ3n) is 5.90. The number of ether oxygens (including phenoxy) is 3. The summed E-state index contributed by atoms with van der Waals surface area (Å²) in [4.78, 5) is 16.4. The maximum atomic E-state index is 13.4. The smallest absolute Gasteiger partial charge is 0.257 e. The Bertz CT molecular complexity index is 1080. The van der Waals surface area contributed by atoms with Gasteiger partial charge < -0.3 is 24.4 Å². The molecule has 2 atom stereocenters. The van der Waals surface area contributed by atoms with Crippen LogP contribution in [0.4, 0.5) is 5.69 Å². The number of nitrogens with one attached hydrogen (secondary N) is 1. The van der Waals surface area contributed by atoms with Crippen LogP contribution in [0, 0.1) is 0 Å². The first-order valence-electron chi connectivity index (χ1n) is 10.8. The molecule has 5 rings (SSSR count). The highest BCUT2D eigenvalue weighted by Crippen LogP contribution is 2.37. The van der Waals surface area contributed by atoms with Crippen LogP contribution in [0.5, 0.6) is 11.5 Å². The van der Waals surface area contributed by atoms with E-state index in [2.05, 4.69) is 5.32 Å². The number of para-hydroxylation sites is 1. The summed E-state index contributed by atoms with van der Waals surface area (Å²) in [5.41, 5.74) is 2.46. The molecule has 32 heavy (non-hydrogen) atoms. The van der Waals surface area contributed by atoms with Gasteiger partial charge in [0, 0.05) is 23.7 Å². The Hall–Kier alpha value is -3.03. The molecule has 3 aromatic rings. The van der Waals surface area contributed by atoms with E-state index in [4.69, 9.17) is 14.2 Å². The van der Waals surface area contributed by atoms with E-state index in [9.17, 15) is 4.79 Å². The molecular weight excluding hydrogens is 424 g/mol. The van der Waals surface area contributed by atoms with E-state index < -0.39 is 0 Å². The summed E-state index contributed by atoms with van der Waals surface area (Å²) in [6, 6.07) is 17.6. The van der Waals surface area contributed by atoms with Crippen molar-refractivity contribution in [1.29, 1.82) is 0 Å². The van der Waals surface area contributed by atoms with Gasteiger partial charge in [0.2, 0.25) is 0 Å². The summed E-state index contributed by atoms with van der Waals surface area (Å²) in [7, 11) is 1.63. The molecule has 1 aromatic heterocycles. The lowest BCUT2D eigenvalue weighted by molar-refractivity contribution is 0.0426. The predicted molar refractivity (Wildman–Crippen MR) is 124 cm³/mol. The zero-order chi connectivity index (χ0) is 21.9. The van der Waals surface area contributed by atoms with Crippen molar-refractivity contribution in [3.63, 3.8) is 0 Å². The monoisotopic (exact) mass is 450 g/mol. The van der Waals surface area contributed by atoms with Gasteiger partial charge in [-0.25, -0.2) is 0 Å². The number of methoxy groups -OCH3 is 1. The van der Waals surface area contributed by atoms with Crippen LogP contribution < -0.4 is 14.8 Å². The Morgan fingerprint density at radius 1 is 1.16 bits per heavy atom. The summed E-state index contributed by atoms with van der Waals surface area (Å²) in [5, 5.41) is 5.58.